The average Bonchev–Trinajstić information content (AvgIpc) is 3.23. The topological polar surface area (TPSA) is 152 Å². The van der Waals surface area contributed by atoms with Crippen molar-refractivity contribution in [3.8, 4) is 0 Å². The molecule has 0 saturated carbocycles. The lowest BCUT2D eigenvalue weighted by atomic mass is 10.1. The maximum atomic E-state index is 12.3. The Morgan fingerprint density at radius 3 is 2.59 bits per heavy atom. The van der Waals surface area contributed by atoms with Gasteiger partial charge in [-0.2, -0.15) is 0 Å². The third kappa shape index (κ3) is 3.51. The van der Waals surface area contributed by atoms with Crippen LogP contribution in [0.25, 0.3) is 0 Å². The lowest BCUT2D eigenvalue weighted by Crippen LogP contribution is -2.45. The number of hydrogen-bond donors (Lipinski definition) is 2. The smallest absolute Gasteiger partial charge is 0.321 e. The Morgan fingerprint density at radius 2 is 1.93 bits per heavy atom. The molecule has 2 heterocycles. The van der Waals surface area contributed by atoms with E-state index < -0.39 is 40.9 Å². The van der Waals surface area contributed by atoms with Gasteiger partial charge in [-0.05, 0) is 18.2 Å². The number of urea groups is 1. The molecule has 138 valence electrons. The van der Waals surface area contributed by atoms with E-state index in [1.54, 1.807) is 12.1 Å². The number of fused-ring (bicyclic) bond motifs is 1. The fourth-order valence-electron chi connectivity index (χ4n) is 2.55. The van der Waals surface area contributed by atoms with Crippen LogP contribution < -0.4 is 10.6 Å². The van der Waals surface area contributed by atoms with Crippen molar-refractivity contribution in [2.24, 2.45) is 0 Å². The van der Waals surface area contributed by atoms with E-state index in [0.717, 1.165) is 6.07 Å². The largest absolute Gasteiger partial charge is 0.467 e. The molecular weight excluding hydrogens is 360 g/mol. The second-order valence-corrected chi connectivity index (χ2v) is 5.46. The third-order valence-electron chi connectivity index (χ3n) is 3.73. The molecule has 1 aromatic carbocycles. The predicted octanol–water partition coefficient (Wildman–Crippen LogP) is 0.810. The SMILES string of the molecule is O=C(CN1C(=O)c2cccc([N+](=O)[O-])c2C1=O)NC(=O)NCc1ccco1. The zero-order chi connectivity index (χ0) is 19.6. The molecule has 0 fully saturated rings. The van der Waals surface area contributed by atoms with Crippen LogP contribution in [-0.2, 0) is 11.3 Å². The van der Waals surface area contributed by atoms with Gasteiger partial charge in [0.25, 0.3) is 17.5 Å². The molecule has 2 aromatic rings. The van der Waals surface area contributed by atoms with Crippen molar-refractivity contribution < 1.29 is 28.5 Å². The fourth-order valence-corrected chi connectivity index (χ4v) is 2.55. The lowest BCUT2D eigenvalue weighted by molar-refractivity contribution is -0.385. The molecule has 11 nitrogen and oxygen atoms in total. The van der Waals surface area contributed by atoms with Gasteiger partial charge in [0.2, 0.25) is 5.91 Å². The molecule has 0 unspecified atom stereocenters. The minimum Gasteiger partial charge on any atom is -0.467 e. The molecule has 0 atom stereocenters. The number of imide groups is 2. The molecule has 1 aliphatic heterocycles. The van der Waals surface area contributed by atoms with Crippen LogP contribution in [0.5, 0.6) is 0 Å². The Hall–Kier alpha value is -4.02. The Bertz CT molecular complexity index is 952. The summed E-state index contributed by atoms with van der Waals surface area (Å²) >= 11 is 0. The van der Waals surface area contributed by atoms with Crippen molar-refractivity contribution in [2.75, 3.05) is 6.54 Å². The van der Waals surface area contributed by atoms with Crippen molar-refractivity contribution in [2.45, 2.75) is 6.54 Å². The van der Waals surface area contributed by atoms with Crippen LogP contribution in [-0.4, -0.2) is 40.1 Å². The third-order valence-corrected chi connectivity index (χ3v) is 3.73. The number of hydrogen-bond acceptors (Lipinski definition) is 7. The van der Waals surface area contributed by atoms with Gasteiger partial charge in [0, 0.05) is 6.07 Å². The summed E-state index contributed by atoms with van der Waals surface area (Å²) in [7, 11) is 0. The highest BCUT2D eigenvalue weighted by atomic mass is 16.6. The maximum absolute atomic E-state index is 12.3. The van der Waals surface area contributed by atoms with Gasteiger partial charge in [-0.3, -0.25) is 34.7 Å². The average molecular weight is 372 g/mol. The van der Waals surface area contributed by atoms with E-state index in [0.29, 0.717) is 10.7 Å². The number of amides is 5. The summed E-state index contributed by atoms with van der Waals surface area (Å²) in [5, 5.41) is 15.4. The van der Waals surface area contributed by atoms with Crippen molar-refractivity contribution in [3.63, 3.8) is 0 Å². The molecule has 27 heavy (non-hydrogen) atoms. The van der Waals surface area contributed by atoms with Gasteiger partial charge < -0.3 is 9.73 Å². The number of benzene rings is 1. The van der Waals surface area contributed by atoms with Gasteiger partial charge in [-0.15, -0.1) is 0 Å². The fraction of sp³-hybridized carbons (Fsp3) is 0.125. The van der Waals surface area contributed by atoms with E-state index in [1.165, 1.54) is 18.4 Å². The van der Waals surface area contributed by atoms with E-state index in [2.05, 4.69) is 5.32 Å². The Balaban J connectivity index is 1.64. The van der Waals surface area contributed by atoms with Crippen molar-refractivity contribution in [1.29, 1.82) is 0 Å². The molecule has 1 aromatic heterocycles. The molecule has 11 heteroatoms. The Morgan fingerprint density at radius 1 is 1.15 bits per heavy atom. The van der Waals surface area contributed by atoms with Crippen molar-refractivity contribution >= 4 is 29.4 Å². The molecular formula is C16H12N4O7. The number of nitro groups is 1. The van der Waals surface area contributed by atoms with Gasteiger partial charge in [-0.25, -0.2) is 4.79 Å². The molecule has 2 N–H and O–H groups in total. The molecule has 1 aliphatic rings. The molecule has 5 amide bonds. The molecule has 0 spiro atoms. The first-order valence-electron chi connectivity index (χ1n) is 7.62. The summed E-state index contributed by atoms with van der Waals surface area (Å²) < 4.78 is 5.01. The van der Waals surface area contributed by atoms with Gasteiger partial charge in [-0.1, -0.05) is 6.07 Å². The normalized spacial score (nSPS) is 12.7. The number of nitrogens with one attached hydrogen (secondary N) is 2. The molecule has 0 aliphatic carbocycles. The van der Waals surface area contributed by atoms with Crippen LogP contribution in [0.2, 0.25) is 0 Å². The van der Waals surface area contributed by atoms with E-state index in [9.17, 15) is 29.3 Å². The minimum atomic E-state index is -0.964. The van der Waals surface area contributed by atoms with Crippen LogP contribution in [0.1, 0.15) is 26.5 Å². The number of rotatable bonds is 5. The van der Waals surface area contributed by atoms with Gasteiger partial charge in [0.05, 0.1) is 23.3 Å². The summed E-state index contributed by atoms with van der Waals surface area (Å²) in [6.07, 6.45) is 1.42. The van der Waals surface area contributed by atoms with Crippen LogP contribution in [0, 0.1) is 10.1 Å². The van der Waals surface area contributed by atoms with Crippen LogP contribution in [0.3, 0.4) is 0 Å². The monoisotopic (exact) mass is 372 g/mol. The van der Waals surface area contributed by atoms with Crippen LogP contribution in [0.4, 0.5) is 10.5 Å². The van der Waals surface area contributed by atoms with E-state index in [4.69, 9.17) is 4.42 Å². The summed E-state index contributed by atoms with van der Waals surface area (Å²) in [5.41, 5.74) is -1.06. The first kappa shape index (κ1) is 17.8. The molecule has 0 bridgehead atoms. The predicted molar refractivity (Wildman–Crippen MR) is 87.5 cm³/mol. The highest BCUT2D eigenvalue weighted by Gasteiger charge is 2.41. The summed E-state index contributed by atoms with van der Waals surface area (Å²) in [6, 6.07) is 6.02. The lowest BCUT2D eigenvalue weighted by Gasteiger charge is -2.13. The number of carbonyl (C=O) groups is 4. The van der Waals surface area contributed by atoms with Crippen molar-refractivity contribution in [1.82, 2.24) is 15.5 Å². The molecule has 3 rings (SSSR count). The van der Waals surface area contributed by atoms with E-state index >= 15 is 0 Å². The highest BCUT2D eigenvalue weighted by molar-refractivity contribution is 6.24. The number of nitrogens with zero attached hydrogens (tertiary/aromatic N) is 2. The Labute approximate surface area is 151 Å². The quantitative estimate of drug-likeness (QED) is 0.447. The first-order chi connectivity index (χ1) is 12.9. The van der Waals surface area contributed by atoms with Gasteiger partial charge in [0.1, 0.15) is 17.9 Å². The summed E-state index contributed by atoms with van der Waals surface area (Å²) in [5.74, 6) is -2.27. The second kappa shape index (κ2) is 7.07. The molecule has 0 radical (unpaired) electrons. The highest BCUT2D eigenvalue weighted by Crippen LogP contribution is 2.30. The number of nitro benzene ring substituents is 1. The summed E-state index contributed by atoms with van der Waals surface area (Å²) in [6.45, 7) is -0.719. The standard InChI is InChI=1S/C16H12N4O7/c21-12(18-16(24)17-7-9-3-2-6-27-9)8-19-14(22)10-4-1-5-11(20(25)26)13(10)15(19)23/h1-6H,7-8H2,(H2,17,18,21,24). The van der Waals surface area contributed by atoms with Gasteiger partial charge >= 0.3 is 6.03 Å². The maximum Gasteiger partial charge on any atom is 0.321 e. The zero-order valence-electron chi connectivity index (χ0n) is 13.6. The van der Waals surface area contributed by atoms with Crippen LogP contribution >= 0.6 is 0 Å². The summed E-state index contributed by atoms with van der Waals surface area (Å²) in [4.78, 5) is 59.1. The van der Waals surface area contributed by atoms with Gasteiger partial charge in [0.15, 0.2) is 0 Å². The molecule has 0 saturated heterocycles. The van der Waals surface area contributed by atoms with E-state index in [-0.39, 0.29) is 17.7 Å². The zero-order valence-corrected chi connectivity index (χ0v) is 13.6. The minimum absolute atomic E-state index is 0.0331. The first-order valence-corrected chi connectivity index (χ1v) is 7.62. The second-order valence-electron chi connectivity index (χ2n) is 5.46. The van der Waals surface area contributed by atoms with Crippen LogP contribution in [0.15, 0.2) is 41.0 Å². The van der Waals surface area contributed by atoms with Crippen molar-refractivity contribution in [3.05, 3.63) is 63.6 Å². The number of carbonyl (C=O) groups excluding carboxylic acids is 4. The van der Waals surface area contributed by atoms with E-state index in [1.807, 2.05) is 5.32 Å². The Kier molecular flexibility index (Phi) is 4.66. The number of furan rings is 1.